The van der Waals surface area contributed by atoms with Gasteiger partial charge in [-0.1, -0.05) is 30.2 Å². The van der Waals surface area contributed by atoms with Crippen LogP contribution in [0.15, 0.2) is 36.5 Å². The second-order valence-corrected chi connectivity index (χ2v) is 8.46. The minimum absolute atomic E-state index is 0.143. The molecule has 1 N–H and O–H groups in total. The normalized spacial score (nSPS) is 15.9. The third-order valence-electron chi connectivity index (χ3n) is 6.48. The molecule has 1 aromatic carbocycles. The number of aromatic nitrogens is 4. The fourth-order valence-electron chi connectivity index (χ4n) is 4.80. The molecule has 1 saturated carbocycles. The van der Waals surface area contributed by atoms with Crippen LogP contribution in [-0.4, -0.2) is 38.5 Å². The minimum Gasteiger partial charge on any atom is -0.351 e. The van der Waals surface area contributed by atoms with Crippen molar-refractivity contribution in [1.29, 1.82) is 5.26 Å². The van der Waals surface area contributed by atoms with E-state index in [1.165, 1.54) is 5.56 Å². The highest BCUT2D eigenvalue weighted by Crippen LogP contribution is 2.29. The summed E-state index contributed by atoms with van der Waals surface area (Å²) in [5, 5.41) is 21.1. The highest BCUT2D eigenvalue weighted by Gasteiger charge is 2.26. The highest BCUT2D eigenvalue weighted by molar-refractivity contribution is 5.93. The molecule has 0 atom stereocenters. The Hall–Kier alpha value is -3.73. The van der Waals surface area contributed by atoms with Gasteiger partial charge < -0.3 is 10.2 Å². The number of anilines is 1. The van der Waals surface area contributed by atoms with E-state index >= 15 is 0 Å². The molecule has 0 spiro atoms. The number of nitrogens with zero attached hydrogens (tertiary/aromatic N) is 6. The molecule has 0 radical (unpaired) electrons. The molecule has 3 heterocycles. The molecule has 2 aromatic heterocycles. The maximum atomic E-state index is 12.7. The summed E-state index contributed by atoms with van der Waals surface area (Å²) in [4.78, 5) is 19.3. The number of nitriles is 1. The van der Waals surface area contributed by atoms with E-state index in [2.05, 4.69) is 37.6 Å². The summed E-state index contributed by atoms with van der Waals surface area (Å²) >= 11 is 0. The van der Waals surface area contributed by atoms with Crippen molar-refractivity contribution in [3.05, 3.63) is 64.6 Å². The maximum absolute atomic E-state index is 12.7. The third-order valence-corrected chi connectivity index (χ3v) is 6.48. The fraction of sp³-hybridized carbons (Fsp3) is 0.375. The maximum Gasteiger partial charge on any atom is 0.273 e. The van der Waals surface area contributed by atoms with Crippen LogP contribution < -0.4 is 10.2 Å². The molecular weight excluding hydrogens is 402 g/mol. The van der Waals surface area contributed by atoms with Gasteiger partial charge in [-0.25, -0.2) is 9.67 Å². The number of hydrogen-bond acceptors (Lipinski definition) is 6. The zero-order valence-electron chi connectivity index (χ0n) is 18.1. The molecule has 5 rings (SSSR count). The standard InChI is InChI=1S/C24H25N7O/c1-16-22(24(32)27-19-8-2-3-9-19)28-29-31(16)21-10-4-6-18-15-30(13-11-20(18)21)23-17(14-25)7-5-12-26-23/h4-7,10,12,19H,2-3,8-9,11,13,15H2,1H3,(H,27,32). The number of nitrogens with one attached hydrogen (secondary N) is 1. The summed E-state index contributed by atoms with van der Waals surface area (Å²) in [6.07, 6.45) is 6.90. The summed E-state index contributed by atoms with van der Waals surface area (Å²) in [6.45, 7) is 3.31. The number of pyridine rings is 1. The van der Waals surface area contributed by atoms with Gasteiger partial charge in [-0.05, 0) is 55.5 Å². The molecule has 32 heavy (non-hydrogen) atoms. The molecule has 2 aliphatic rings. The largest absolute Gasteiger partial charge is 0.351 e. The Bertz CT molecular complexity index is 1200. The molecule has 3 aromatic rings. The molecule has 1 fully saturated rings. The monoisotopic (exact) mass is 427 g/mol. The molecule has 1 amide bonds. The van der Waals surface area contributed by atoms with Gasteiger partial charge in [0.05, 0.1) is 16.9 Å². The summed E-state index contributed by atoms with van der Waals surface area (Å²) in [7, 11) is 0. The van der Waals surface area contributed by atoms with Crippen LogP contribution in [0.1, 0.15) is 58.6 Å². The van der Waals surface area contributed by atoms with Crippen LogP contribution in [0, 0.1) is 18.3 Å². The van der Waals surface area contributed by atoms with Gasteiger partial charge in [0.2, 0.25) is 0 Å². The quantitative estimate of drug-likeness (QED) is 0.687. The van der Waals surface area contributed by atoms with Gasteiger partial charge in [0.1, 0.15) is 11.9 Å². The smallest absolute Gasteiger partial charge is 0.273 e. The number of rotatable bonds is 4. The Morgan fingerprint density at radius 3 is 2.88 bits per heavy atom. The van der Waals surface area contributed by atoms with Crippen LogP contribution in [0.2, 0.25) is 0 Å². The first-order chi connectivity index (χ1) is 15.7. The number of benzene rings is 1. The first-order valence-electron chi connectivity index (χ1n) is 11.1. The van der Waals surface area contributed by atoms with E-state index < -0.39 is 0 Å². The van der Waals surface area contributed by atoms with E-state index in [0.717, 1.165) is 55.6 Å². The molecule has 8 heteroatoms. The first kappa shape index (κ1) is 20.2. The van der Waals surface area contributed by atoms with E-state index in [-0.39, 0.29) is 11.9 Å². The second kappa shape index (κ2) is 8.42. The number of hydrogen-bond donors (Lipinski definition) is 1. The zero-order chi connectivity index (χ0) is 22.1. The van der Waals surface area contributed by atoms with Crippen LogP contribution in [0.5, 0.6) is 0 Å². The Balaban J connectivity index is 1.42. The summed E-state index contributed by atoms with van der Waals surface area (Å²) in [5.74, 6) is 0.574. The van der Waals surface area contributed by atoms with Crippen molar-refractivity contribution in [3.8, 4) is 11.8 Å². The van der Waals surface area contributed by atoms with Gasteiger partial charge in [0.25, 0.3) is 5.91 Å². The van der Waals surface area contributed by atoms with Crippen molar-refractivity contribution in [2.45, 2.75) is 51.6 Å². The molecule has 162 valence electrons. The summed E-state index contributed by atoms with van der Waals surface area (Å²) < 4.78 is 1.78. The lowest BCUT2D eigenvalue weighted by atomic mass is 9.97. The molecule has 0 bridgehead atoms. The minimum atomic E-state index is -0.143. The Morgan fingerprint density at radius 1 is 1.22 bits per heavy atom. The average molecular weight is 428 g/mol. The lowest BCUT2D eigenvalue weighted by Crippen LogP contribution is -2.33. The van der Waals surface area contributed by atoms with E-state index in [0.29, 0.717) is 23.6 Å². The topological polar surface area (TPSA) is 99.7 Å². The zero-order valence-corrected chi connectivity index (χ0v) is 18.1. The van der Waals surface area contributed by atoms with Crippen molar-refractivity contribution in [1.82, 2.24) is 25.3 Å². The second-order valence-electron chi connectivity index (χ2n) is 8.46. The van der Waals surface area contributed by atoms with E-state index in [4.69, 9.17) is 0 Å². The fourth-order valence-corrected chi connectivity index (χ4v) is 4.80. The van der Waals surface area contributed by atoms with Crippen molar-refractivity contribution in [2.75, 3.05) is 11.4 Å². The van der Waals surface area contributed by atoms with Crippen LogP contribution in [-0.2, 0) is 13.0 Å². The molecule has 1 aliphatic heterocycles. The van der Waals surface area contributed by atoms with Crippen molar-refractivity contribution >= 4 is 11.7 Å². The average Bonchev–Trinajstić information content (AvgIpc) is 3.47. The molecular formula is C24H25N7O. The van der Waals surface area contributed by atoms with Crippen molar-refractivity contribution < 1.29 is 4.79 Å². The summed E-state index contributed by atoms with van der Waals surface area (Å²) in [6, 6.07) is 12.2. The molecule has 0 saturated heterocycles. The van der Waals surface area contributed by atoms with Gasteiger partial charge in [0.15, 0.2) is 5.69 Å². The number of amides is 1. The third kappa shape index (κ3) is 3.60. The lowest BCUT2D eigenvalue weighted by molar-refractivity contribution is 0.0932. The van der Waals surface area contributed by atoms with Gasteiger partial charge in [0, 0.05) is 25.3 Å². The van der Waals surface area contributed by atoms with Crippen molar-refractivity contribution in [2.24, 2.45) is 0 Å². The first-order valence-corrected chi connectivity index (χ1v) is 11.1. The van der Waals surface area contributed by atoms with E-state index in [9.17, 15) is 10.1 Å². The number of fused-ring (bicyclic) bond motifs is 1. The van der Waals surface area contributed by atoms with Crippen LogP contribution >= 0.6 is 0 Å². The Morgan fingerprint density at radius 2 is 2.06 bits per heavy atom. The van der Waals surface area contributed by atoms with E-state index in [1.54, 1.807) is 23.0 Å². The number of carbonyl (C=O) groups excluding carboxylic acids is 1. The Kier molecular flexibility index (Phi) is 5.31. The van der Waals surface area contributed by atoms with E-state index in [1.807, 2.05) is 19.1 Å². The predicted octanol–water partition coefficient (Wildman–Crippen LogP) is 3.08. The number of carbonyl (C=O) groups is 1. The van der Waals surface area contributed by atoms with Gasteiger partial charge in [-0.3, -0.25) is 4.79 Å². The summed E-state index contributed by atoms with van der Waals surface area (Å²) in [5.41, 5.74) is 5.02. The molecule has 0 unspecified atom stereocenters. The SMILES string of the molecule is Cc1c(C(=O)NC2CCCC2)nnn1-c1cccc2c1CCN(c1ncccc1C#N)C2. The Labute approximate surface area is 186 Å². The van der Waals surface area contributed by atoms with Crippen LogP contribution in [0.25, 0.3) is 5.69 Å². The van der Waals surface area contributed by atoms with Gasteiger partial charge >= 0.3 is 0 Å². The van der Waals surface area contributed by atoms with Crippen molar-refractivity contribution in [3.63, 3.8) is 0 Å². The van der Waals surface area contributed by atoms with Gasteiger partial charge in [-0.15, -0.1) is 5.10 Å². The van der Waals surface area contributed by atoms with Crippen LogP contribution in [0.4, 0.5) is 5.82 Å². The van der Waals surface area contributed by atoms with Crippen LogP contribution in [0.3, 0.4) is 0 Å². The molecule has 8 nitrogen and oxygen atoms in total. The lowest BCUT2D eigenvalue weighted by Gasteiger charge is -2.31. The predicted molar refractivity (Wildman–Crippen MR) is 120 cm³/mol. The highest BCUT2D eigenvalue weighted by atomic mass is 16.2. The molecule has 1 aliphatic carbocycles. The van der Waals surface area contributed by atoms with Gasteiger partial charge in [-0.2, -0.15) is 5.26 Å².